The summed E-state index contributed by atoms with van der Waals surface area (Å²) in [6.45, 7) is 1.81. The van der Waals surface area contributed by atoms with Gasteiger partial charge in [-0.1, -0.05) is 12.1 Å². The largest absolute Gasteiger partial charge is 0.321 e. The fourth-order valence-corrected chi connectivity index (χ4v) is 2.27. The molecule has 1 heterocycles. The molecule has 2 rings (SSSR count). The van der Waals surface area contributed by atoms with Crippen LogP contribution in [0.15, 0.2) is 29.2 Å². The van der Waals surface area contributed by atoms with E-state index in [4.69, 9.17) is 5.73 Å². The van der Waals surface area contributed by atoms with E-state index in [0.29, 0.717) is 23.0 Å². The molecule has 0 saturated heterocycles. The molecule has 2 aromatic rings. The van der Waals surface area contributed by atoms with Crippen molar-refractivity contribution in [2.24, 2.45) is 5.73 Å². The predicted octanol–water partition coefficient (Wildman–Crippen LogP) is 0.819. The molecule has 102 valence electrons. The van der Waals surface area contributed by atoms with Gasteiger partial charge in [0.2, 0.25) is 0 Å². The Morgan fingerprint density at radius 2 is 1.95 bits per heavy atom. The summed E-state index contributed by atoms with van der Waals surface area (Å²) in [4.78, 5) is 4.58. The van der Waals surface area contributed by atoms with Crippen LogP contribution >= 0.6 is 0 Å². The Bertz CT molecular complexity index is 659. The maximum absolute atomic E-state index is 11.3. The second-order valence-electron chi connectivity index (χ2n) is 4.52. The Labute approximate surface area is 112 Å². The van der Waals surface area contributed by atoms with E-state index < -0.39 is 9.84 Å². The van der Waals surface area contributed by atoms with Crippen LogP contribution in [0.2, 0.25) is 0 Å². The Kier molecular flexibility index (Phi) is 3.68. The zero-order valence-electron chi connectivity index (χ0n) is 10.8. The molecule has 0 aliphatic rings. The first-order valence-corrected chi connectivity index (χ1v) is 7.71. The third-order valence-electron chi connectivity index (χ3n) is 2.68. The Morgan fingerprint density at radius 3 is 2.42 bits per heavy atom. The first kappa shape index (κ1) is 13.7. The molecule has 1 aromatic carbocycles. The average Bonchev–Trinajstić information content (AvgIpc) is 2.77. The molecule has 0 fully saturated rings. The highest BCUT2D eigenvalue weighted by atomic mass is 32.2. The van der Waals surface area contributed by atoms with Crippen LogP contribution in [-0.2, 0) is 16.3 Å². The van der Waals surface area contributed by atoms with E-state index in [1.807, 2.05) is 6.92 Å². The van der Waals surface area contributed by atoms with Crippen LogP contribution < -0.4 is 5.73 Å². The quantitative estimate of drug-likeness (QED) is 0.863. The molecule has 0 amide bonds. The van der Waals surface area contributed by atoms with Gasteiger partial charge in [-0.2, -0.15) is 5.10 Å². The summed E-state index contributed by atoms with van der Waals surface area (Å²) in [5.41, 5.74) is 6.63. The zero-order chi connectivity index (χ0) is 14.0. The SMILES string of the molecule is CC(N)c1n[nH]c(Cc2ccc(S(C)(=O)=O)cc2)n1. The van der Waals surface area contributed by atoms with Crippen molar-refractivity contribution < 1.29 is 8.42 Å². The number of nitrogens with two attached hydrogens (primary N) is 1. The van der Waals surface area contributed by atoms with Gasteiger partial charge in [0.25, 0.3) is 0 Å². The smallest absolute Gasteiger partial charge is 0.175 e. The Hall–Kier alpha value is -1.73. The zero-order valence-corrected chi connectivity index (χ0v) is 11.6. The van der Waals surface area contributed by atoms with E-state index in [1.165, 1.54) is 6.26 Å². The lowest BCUT2D eigenvalue weighted by atomic mass is 10.1. The first-order valence-electron chi connectivity index (χ1n) is 5.82. The third kappa shape index (κ3) is 3.39. The average molecular weight is 280 g/mol. The lowest BCUT2D eigenvalue weighted by Crippen LogP contribution is -2.06. The number of hydrogen-bond acceptors (Lipinski definition) is 5. The molecule has 0 aliphatic carbocycles. The molecule has 19 heavy (non-hydrogen) atoms. The van der Waals surface area contributed by atoms with Crippen LogP contribution in [0.1, 0.15) is 30.2 Å². The number of benzene rings is 1. The summed E-state index contributed by atoms with van der Waals surface area (Å²) in [7, 11) is -3.15. The fraction of sp³-hybridized carbons (Fsp3) is 0.333. The van der Waals surface area contributed by atoms with Crippen molar-refractivity contribution in [3.8, 4) is 0 Å². The first-order chi connectivity index (χ1) is 8.86. The van der Waals surface area contributed by atoms with Gasteiger partial charge >= 0.3 is 0 Å². The lowest BCUT2D eigenvalue weighted by molar-refractivity contribution is 0.602. The van der Waals surface area contributed by atoms with Gasteiger partial charge in [-0.05, 0) is 24.6 Å². The van der Waals surface area contributed by atoms with Crippen LogP contribution in [-0.4, -0.2) is 29.9 Å². The fourth-order valence-electron chi connectivity index (χ4n) is 1.64. The van der Waals surface area contributed by atoms with E-state index in [9.17, 15) is 8.42 Å². The van der Waals surface area contributed by atoms with Crippen molar-refractivity contribution in [1.29, 1.82) is 0 Å². The molecule has 3 N–H and O–H groups in total. The number of nitrogens with one attached hydrogen (secondary N) is 1. The van der Waals surface area contributed by atoms with Crippen LogP contribution in [0, 0.1) is 0 Å². The van der Waals surface area contributed by atoms with E-state index in [0.717, 1.165) is 5.56 Å². The van der Waals surface area contributed by atoms with Gasteiger partial charge in [-0.15, -0.1) is 0 Å². The van der Waals surface area contributed by atoms with Gasteiger partial charge in [0.05, 0.1) is 10.9 Å². The minimum Gasteiger partial charge on any atom is -0.321 e. The van der Waals surface area contributed by atoms with Crippen LogP contribution in [0.5, 0.6) is 0 Å². The van der Waals surface area contributed by atoms with Crippen LogP contribution in [0.3, 0.4) is 0 Å². The maximum atomic E-state index is 11.3. The van der Waals surface area contributed by atoms with Gasteiger partial charge in [0, 0.05) is 12.7 Å². The summed E-state index contributed by atoms with van der Waals surface area (Å²) >= 11 is 0. The molecule has 0 aliphatic heterocycles. The number of aromatic amines is 1. The third-order valence-corrected chi connectivity index (χ3v) is 3.81. The number of nitrogens with zero attached hydrogens (tertiary/aromatic N) is 2. The summed E-state index contributed by atoms with van der Waals surface area (Å²) in [6, 6.07) is 6.51. The van der Waals surface area contributed by atoms with Crippen molar-refractivity contribution in [3.05, 3.63) is 41.5 Å². The molecule has 7 heteroatoms. The molecule has 1 unspecified atom stereocenters. The van der Waals surface area contributed by atoms with E-state index in [1.54, 1.807) is 24.3 Å². The minimum atomic E-state index is -3.15. The summed E-state index contributed by atoms with van der Waals surface area (Å²) in [5.74, 6) is 1.28. The molecule has 0 saturated carbocycles. The van der Waals surface area contributed by atoms with Crippen molar-refractivity contribution in [1.82, 2.24) is 15.2 Å². The highest BCUT2D eigenvalue weighted by Gasteiger charge is 2.09. The Balaban J connectivity index is 2.15. The molecule has 0 spiro atoms. The normalized spacial score (nSPS) is 13.4. The highest BCUT2D eigenvalue weighted by Crippen LogP contribution is 2.13. The monoisotopic (exact) mass is 280 g/mol. The Morgan fingerprint density at radius 1 is 1.32 bits per heavy atom. The molecule has 1 aromatic heterocycles. The van der Waals surface area contributed by atoms with E-state index in [2.05, 4.69) is 15.2 Å². The number of H-pyrrole nitrogens is 1. The van der Waals surface area contributed by atoms with E-state index >= 15 is 0 Å². The molecule has 1 atom stereocenters. The number of aromatic nitrogens is 3. The molecule has 6 nitrogen and oxygen atoms in total. The second-order valence-corrected chi connectivity index (χ2v) is 6.54. The highest BCUT2D eigenvalue weighted by molar-refractivity contribution is 7.90. The van der Waals surface area contributed by atoms with E-state index in [-0.39, 0.29) is 6.04 Å². The summed E-state index contributed by atoms with van der Waals surface area (Å²) < 4.78 is 22.7. The van der Waals surface area contributed by atoms with Gasteiger partial charge in [-0.25, -0.2) is 13.4 Å². The van der Waals surface area contributed by atoms with Gasteiger partial charge in [-0.3, -0.25) is 5.10 Å². The standard InChI is InChI=1S/C12H16N4O2S/c1-8(13)12-14-11(15-16-12)7-9-3-5-10(6-4-9)19(2,17)18/h3-6,8H,7,13H2,1-2H3,(H,14,15,16). The summed E-state index contributed by atoms with van der Waals surface area (Å²) in [5, 5.41) is 6.83. The molecular weight excluding hydrogens is 264 g/mol. The minimum absolute atomic E-state index is 0.211. The van der Waals surface area contributed by atoms with Gasteiger partial charge in [0.15, 0.2) is 15.7 Å². The van der Waals surface area contributed by atoms with Crippen molar-refractivity contribution in [2.75, 3.05) is 6.26 Å². The van der Waals surface area contributed by atoms with Crippen LogP contribution in [0.4, 0.5) is 0 Å². The van der Waals surface area contributed by atoms with Gasteiger partial charge < -0.3 is 5.73 Å². The van der Waals surface area contributed by atoms with Crippen molar-refractivity contribution >= 4 is 9.84 Å². The topological polar surface area (TPSA) is 102 Å². The molecular formula is C12H16N4O2S. The number of rotatable bonds is 4. The van der Waals surface area contributed by atoms with Gasteiger partial charge in [0.1, 0.15) is 5.82 Å². The second kappa shape index (κ2) is 5.10. The molecule has 0 radical (unpaired) electrons. The predicted molar refractivity (Wildman–Crippen MR) is 71.3 cm³/mol. The van der Waals surface area contributed by atoms with Crippen molar-refractivity contribution in [2.45, 2.75) is 24.3 Å². The molecule has 0 bridgehead atoms. The maximum Gasteiger partial charge on any atom is 0.175 e. The van der Waals surface area contributed by atoms with Crippen molar-refractivity contribution in [3.63, 3.8) is 0 Å². The lowest BCUT2D eigenvalue weighted by Gasteiger charge is -2.01. The summed E-state index contributed by atoms with van der Waals surface area (Å²) in [6.07, 6.45) is 1.75. The number of hydrogen-bond donors (Lipinski definition) is 2. The number of sulfone groups is 1. The van der Waals surface area contributed by atoms with Crippen LogP contribution in [0.25, 0.3) is 0 Å².